The molecule has 0 saturated carbocycles. The lowest BCUT2D eigenvalue weighted by molar-refractivity contribution is -0.122. The van der Waals surface area contributed by atoms with Gasteiger partial charge in [0.2, 0.25) is 5.91 Å². The molecule has 0 spiro atoms. The number of H-pyrrole nitrogens is 1. The Bertz CT molecular complexity index is 533. The molecule has 0 bridgehead atoms. The summed E-state index contributed by atoms with van der Waals surface area (Å²) in [5, 5.41) is 19.7. The first kappa shape index (κ1) is 15.8. The summed E-state index contributed by atoms with van der Waals surface area (Å²) in [5.41, 5.74) is -0.806. The summed E-state index contributed by atoms with van der Waals surface area (Å²) in [7, 11) is 1.56. The van der Waals surface area contributed by atoms with E-state index in [0.29, 0.717) is 25.8 Å². The number of β-amino-alcohol motifs (C(OH)–C–C–N with tert-alkyl or cyclic N) is 1. The quantitative estimate of drug-likeness (QED) is 0.756. The predicted octanol–water partition coefficient (Wildman–Crippen LogP) is 0.556. The number of rotatable bonds is 4. The number of aromatic nitrogens is 2. The van der Waals surface area contributed by atoms with Crippen molar-refractivity contribution in [1.82, 2.24) is 20.4 Å². The van der Waals surface area contributed by atoms with Gasteiger partial charge in [-0.15, -0.1) is 0 Å². The Labute approximate surface area is 127 Å². The molecule has 116 valence electrons. The van der Waals surface area contributed by atoms with Gasteiger partial charge in [0, 0.05) is 26.6 Å². The first-order valence-electron chi connectivity index (χ1n) is 6.86. The zero-order valence-corrected chi connectivity index (χ0v) is 12.6. The van der Waals surface area contributed by atoms with Crippen LogP contribution in [0.5, 0.6) is 0 Å². The summed E-state index contributed by atoms with van der Waals surface area (Å²) in [4.78, 5) is 25.2. The molecule has 2 heterocycles. The largest absolute Gasteiger partial charge is 0.388 e. The standard InChI is InChI=1S/C13H19ClN4O3/c1-15-10(19)3-5-13(21)4-2-6-18(8-13)12(20)11-9(14)7-16-17-11/h7,21H,2-6,8H2,1H3,(H,15,19)(H,16,17). The number of amides is 2. The van der Waals surface area contributed by atoms with E-state index in [0.717, 1.165) is 0 Å². The van der Waals surface area contributed by atoms with Crippen LogP contribution in [0.4, 0.5) is 0 Å². The molecule has 2 amide bonds. The number of hydrogen-bond acceptors (Lipinski definition) is 4. The van der Waals surface area contributed by atoms with Gasteiger partial charge in [-0.1, -0.05) is 11.6 Å². The first-order valence-corrected chi connectivity index (χ1v) is 7.24. The number of nitrogens with zero attached hydrogens (tertiary/aromatic N) is 2. The van der Waals surface area contributed by atoms with E-state index in [1.54, 1.807) is 11.9 Å². The van der Waals surface area contributed by atoms with Crippen LogP contribution >= 0.6 is 11.6 Å². The minimum absolute atomic E-state index is 0.122. The van der Waals surface area contributed by atoms with Gasteiger partial charge in [0.05, 0.1) is 16.8 Å². The van der Waals surface area contributed by atoms with Crippen LogP contribution in [0, 0.1) is 0 Å². The zero-order chi connectivity index (χ0) is 15.5. The van der Waals surface area contributed by atoms with Crippen LogP contribution in [0.25, 0.3) is 0 Å². The van der Waals surface area contributed by atoms with Crippen molar-refractivity contribution in [2.45, 2.75) is 31.3 Å². The van der Waals surface area contributed by atoms with Crippen LogP contribution in [0.2, 0.25) is 5.02 Å². The maximum Gasteiger partial charge on any atom is 0.273 e. The number of halogens is 1. The van der Waals surface area contributed by atoms with Crippen molar-refractivity contribution in [3.63, 3.8) is 0 Å². The van der Waals surface area contributed by atoms with Gasteiger partial charge >= 0.3 is 0 Å². The highest BCUT2D eigenvalue weighted by Crippen LogP contribution is 2.27. The highest BCUT2D eigenvalue weighted by molar-refractivity contribution is 6.33. The molecule has 2 rings (SSSR count). The van der Waals surface area contributed by atoms with E-state index in [2.05, 4.69) is 15.5 Å². The van der Waals surface area contributed by atoms with E-state index in [4.69, 9.17) is 11.6 Å². The molecule has 0 radical (unpaired) electrons. The molecule has 1 aromatic rings. The van der Waals surface area contributed by atoms with Crippen LogP contribution in [-0.2, 0) is 4.79 Å². The summed E-state index contributed by atoms with van der Waals surface area (Å²) in [5.74, 6) is -0.404. The van der Waals surface area contributed by atoms with E-state index in [-0.39, 0.29) is 35.5 Å². The van der Waals surface area contributed by atoms with Gasteiger partial charge < -0.3 is 15.3 Å². The SMILES string of the molecule is CNC(=O)CCC1(O)CCCN(C(=O)c2[nH]ncc2Cl)C1. The van der Waals surface area contributed by atoms with Crippen LogP contribution in [0.15, 0.2) is 6.20 Å². The third kappa shape index (κ3) is 3.74. The van der Waals surface area contributed by atoms with Gasteiger partial charge in [-0.3, -0.25) is 14.7 Å². The number of aromatic amines is 1. The Morgan fingerprint density at radius 1 is 1.62 bits per heavy atom. The number of carbonyl (C=O) groups excluding carboxylic acids is 2. The number of piperidine rings is 1. The van der Waals surface area contributed by atoms with Crippen molar-refractivity contribution in [1.29, 1.82) is 0 Å². The lowest BCUT2D eigenvalue weighted by atomic mass is 9.88. The van der Waals surface area contributed by atoms with Crippen LogP contribution in [-0.4, -0.2) is 57.8 Å². The lowest BCUT2D eigenvalue weighted by Gasteiger charge is -2.39. The number of aliphatic hydroxyl groups is 1. The van der Waals surface area contributed by atoms with Crippen molar-refractivity contribution in [2.75, 3.05) is 20.1 Å². The van der Waals surface area contributed by atoms with Crippen LogP contribution < -0.4 is 5.32 Å². The topological polar surface area (TPSA) is 98.3 Å². The van der Waals surface area contributed by atoms with E-state index in [1.807, 2.05) is 0 Å². The molecule has 0 aromatic carbocycles. The molecule has 7 nitrogen and oxygen atoms in total. The third-order valence-corrected chi connectivity index (χ3v) is 4.03. The minimum Gasteiger partial charge on any atom is -0.388 e. The first-order chi connectivity index (χ1) is 9.95. The molecule has 3 N–H and O–H groups in total. The van der Waals surface area contributed by atoms with Crippen molar-refractivity contribution in [2.24, 2.45) is 0 Å². The average molecular weight is 315 g/mol. The normalized spacial score (nSPS) is 22.1. The van der Waals surface area contributed by atoms with Crippen molar-refractivity contribution in [3.8, 4) is 0 Å². The highest BCUT2D eigenvalue weighted by Gasteiger charge is 2.36. The van der Waals surface area contributed by atoms with Crippen LogP contribution in [0.3, 0.4) is 0 Å². The Kier molecular flexibility index (Phi) is 4.84. The Hall–Kier alpha value is -1.60. The molecule has 1 atom stereocenters. The highest BCUT2D eigenvalue weighted by atomic mass is 35.5. The maximum absolute atomic E-state index is 12.3. The van der Waals surface area contributed by atoms with E-state index >= 15 is 0 Å². The van der Waals surface area contributed by atoms with Gasteiger partial charge in [0.25, 0.3) is 5.91 Å². The molecule has 8 heteroatoms. The molecule has 21 heavy (non-hydrogen) atoms. The Balaban J connectivity index is 2.01. The number of carbonyl (C=O) groups is 2. The summed E-state index contributed by atoms with van der Waals surface area (Å²) >= 11 is 5.89. The van der Waals surface area contributed by atoms with Gasteiger partial charge in [-0.25, -0.2) is 0 Å². The molecule has 1 aliphatic heterocycles. The molecule has 1 aromatic heterocycles. The monoisotopic (exact) mass is 314 g/mol. The molecule has 0 aliphatic carbocycles. The molecule has 1 fully saturated rings. The van der Waals surface area contributed by atoms with Crippen molar-refractivity contribution in [3.05, 3.63) is 16.9 Å². The fraction of sp³-hybridized carbons (Fsp3) is 0.615. The summed E-state index contributed by atoms with van der Waals surface area (Å²) in [6, 6.07) is 0. The number of nitrogens with one attached hydrogen (secondary N) is 2. The minimum atomic E-state index is -1.03. The molecular formula is C13H19ClN4O3. The lowest BCUT2D eigenvalue weighted by Crippen LogP contribution is -2.50. The predicted molar refractivity (Wildman–Crippen MR) is 77.0 cm³/mol. The van der Waals surface area contributed by atoms with Gasteiger partial charge in [-0.2, -0.15) is 5.10 Å². The zero-order valence-electron chi connectivity index (χ0n) is 11.9. The van der Waals surface area contributed by atoms with Crippen molar-refractivity contribution >= 4 is 23.4 Å². The van der Waals surface area contributed by atoms with Crippen molar-refractivity contribution < 1.29 is 14.7 Å². The Morgan fingerprint density at radius 2 is 2.38 bits per heavy atom. The molecule has 1 unspecified atom stereocenters. The van der Waals surface area contributed by atoms with Crippen LogP contribution in [0.1, 0.15) is 36.2 Å². The molecular weight excluding hydrogens is 296 g/mol. The van der Waals surface area contributed by atoms with Gasteiger partial charge in [0.15, 0.2) is 0 Å². The maximum atomic E-state index is 12.3. The van der Waals surface area contributed by atoms with Gasteiger partial charge in [-0.05, 0) is 19.3 Å². The fourth-order valence-corrected chi connectivity index (χ4v) is 2.71. The summed E-state index contributed by atoms with van der Waals surface area (Å²) < 4.78 is 0. The second-order valence-corrected chi connectivity index (χ2v) is 5.73. The average Bonchev–Trinajstić information content (AvgIpc) is 2.90. The van der Waals surface area contributed by atoms with Gasteiger partial charge in [0.1, 0.15) is 5.69 Å². The fourth-order valence-electron chi connectivity index (χ4n) is 2.54. The number of likely N-dealkylation sites (tertiary alicyclic amines) is 1. The number of hydrogen-bond donors (Lipinski definition) is 3. The summed E-state index contributed by atoms with van der Waals surface area (Å²) in [6.07, 6.45) is 3.19. The molecule has 1 saturated heterocycles. The Morgan fingerprint density at radius 3 is 3.00 bits per heavy atom. The van der Waals surface area contributed by atoms with E-state index < -0.39 is 5.60 Å². The third-order valence-electron chi connectivity index (χ3n) is 3.75. The second kappa shape index (κ2) is 6.44. The smallest absolute Gasteiger partial charge is 0.273 e. The summed E-state index contributed by atoms with van der Waals surface area (Å²) in [6.45, 7) is 0.745. The second-order valence-electron chi connectivity index (χ2n) is 5.32. The van der Waals surface area contributed by atoms with E-state index in [9.17, 15) is 14.7 Å². The molecule has 1 aliphatic rings. The van der Waals surface area contributed by atoms with E-state index in [1.165, 1.54) is 6.20 Å².